The second kappa shape index (κ2) is 7.85. The highest BCUT2D eigenvalue weighted by atomic mass is 19.1. The summed E-state index contributed by atoms with van der Waals surface area (Å²) in [4.78, 5) is 16.7. The fraction of sp³-hybridized carbons (Fsp3) is 0.235. The van der Waals surface area contributed by atoms with Crippen LogP contribution >= 0.6 is 0 Å². The molecule has 7 heteroatoms. The minimum atomic E-state index is -1.70. The molecule has 1 unspecified atom stereocenters. The van der Waals surface area contributed by atoms with Crippen molar-refractivity contribution in [3.8, 4) is 0 Å². The number of nitrogens with one attached hydrogen (secondary N) is 2. The minimum absolute atomic E-state index is 0.116. The van der Waals surface area contributed by atoms with Gasteiger partial charge in [0, 0.05) is 11.6 Å². The topological polar surface area (TPSA) is 70.6 Å². The average molecular weight is 336 g/mol. The first kappa shape index (κ1) is 17.8. The number of hydrogen-bond donors (Lipinski definition) is 3. The maximum atomic E-state index is 13.7. The first-order valence-corrected chi connectivity index (χ1v) is 7.26. The van der Waals surface area contributed by atoms with Gasteiger partial charge in [-0.1, -0.05) is 36.4 Å². The molecule has 2 rings (SSSR count). The highest BCUT2D eigenvalue weighted by Gasteiger charge is 2.27. The van der Waals surface area contributed by atoms with E-state index in [2.05, 4.69) is 10.8 Å². The number of halogens is 2. The molecule has 0 spiro atoms. The van der Waals surface area contributed by atoms with Gasteiger partial charge in [0.05, 0.1) is 13.2 Å². The Hall–Kier alpha value is -2.51. The zero-order chi connectivity index (χ0) is 17.6. The van der Waals surface area contributed by atoms with E-state index in [4.69, 9.17) is 4.84 Å². The van der Waals surface area contributed by atoms with E-state index >= 15 is 0 Å². The Morgan fingerprint density at radius 2 is 1.92 bits per heavy atom. The van der Waals surface area contributed by atoms with Gasteiger partial charge in [-0.05, 0) is 18.6 Å². The Bertz CT molecular complexity index is 693. The summed E-state index contributed by atoms with van der Waals surface area (Å²) in [7, 11) is 0. The average Bonchev–Trinajstić information content (AvgIpc) is 2.54. The lowest BCUT2D eigenvalue weighted by atomic mass is 9.95. The lowest BCUT2D eigenvalue weighted by Crippen LogP contribution is -2.43. The summed E-state index contributed by atoms with van der Waals surface area (Å²) >= 11 is 0. The van der Waals surface area contributed by atoms with Gasteiger partial charge in [-0.25, -0.2) is 19.1 Å². The molecule has 24 heavy (non-hydrogen) atoms. The summed E-state index contributed by atoms with van der Waals surface area (Å²) in [6, 6.07) is 11.4. The molecule has 0 aliphatic carbocycles. The van der Waals surface area contributed by atoms with Gasteiger partial charge in [0.1, 0.15) is 17.2 Å². The molecule has 0 aromatic heterocycles. The van der Waals surface area contributed by atoms with Crippen molar-refractivity contribution in [2.45, 2.75) is 19.1 Å². The van der Waals surface area contributed by atoms with E-state index < -0.39 is 23.3 Å². The van der Waals surface area contributed by atoms with E-state index in [1.54, 1.807) is 0 Å². The quantitative estimate of drug-likeness (QED) is 0.710. The first-order valence-electron chi connectivity index (χ1n) is 7.26. The molecule has 0 radical (unpaired) electrons. The lowest BCUT2D eigenvalue weighted by Gasteiger charge is -2.24. The van der Waals surface area contributed by atoms with Crippen LogP contribution in [0.25, 0.3) is 0 Å². The molecule has 0 bridgehead atoms. The largest absolute Gasteiger partial charge is 0.383 e. The van der Waals surface area contributed by atoms with Crippen LogP contribution in [0.1, 0.15) is 18.1 Å². The molecular formula is C17H18F2N2O3. The van der Waals surface area contributed by atoms with E-state index in [-0.39, 0.29) is 18.7 Å². The fourth-order valence-corrected chi connectivity index (χ4v) is 2.07. The molecular weight excluding hydrogens is 318 g/mol. The van der Waals surface area contributed by atoms with Crippen molar-refractivity contribution in [2.24, 2.45) is 0 Å². The Labute approximate surface area is 138 Å². The number of benzene rings is 2. The van der Waals surface area contributed by atoms with Gasteiger partial charge in [-0.3, -0.25) is 4.84 Å². The SMILES string of the molecule is CC(O)(CNC(=O)NOCc1ccccc1)c1ccc(F)cc1F. The zero-order valence-electron chi connectivity index (χ0n) is 13.1. The van der Waals surface area contributed by atoms with E-state index in [0.29, 0.717) is 6.07 Å². The standard InChI is InChI=1S/C17H18F2N2O3/c1-17(23,14-8-7-13(18)9-15(14)19)11-20-16(22)21-24-10-12-5-3-2-4-6-12/h2-9,23H,10-11H2,1H3,(H2,20,21,22). The summed E-state index contributed by atoms with van der Waals surface area (Å²) in [5, 5.41) is 12.6. The summed E-state index contributed by atoms with van der Waals surface area (Å²) < 4.78 is 26.6. The number of carbonyl (C=O) groups is 1. The normalized spacial score (nSPS) is 13.2. The number of carbonyl (C=O) groups excluding carboxylic acids is 1. The Morgan fingerprint density at radius 3 is 2.58 bits per heavy atom. The third kappa shape index (κ3) is 5.00. The molecule has 0 saturated heterocycles. The Kier molecular flexibility index (Phi) is 5.83. The van der Waals surface area contributed by atoms with Crippen LogP contribution < -0.4 is 10.8 Å². The molecule has 0 fully saturated rings. The van der Waals surface area contributed by atoms with Crippen molar-refractivity contribution in [1.82, 2.24) is 10.8 Å². The fourth-order valence-electron chi connectivity index (χ4n) is 2.07. The summed E-state index contributed by atoms with van der Waals surface area (Å²) in [6.45, 7) is 1.21. The number of amides is 2. The molecule has 2 amide bonds. The van der Waals surface area contributed by atoms with Crippen LogP contribution in [0.3, 0.4) is 0 Å². The predicted molar refractivity (Wildman–Crippen MR) is 83.7 cm³/mol. The molecule has 0 aliphatic rings. The van der Waals surface area contributed by atoms with Crippen LogP contribution in [-0.2, 0) is 17.0 Å². The van der Waals surface area contributed by atoms with Crippen LogP contribution in [0.2, 0.25) is 0 Å². The lowest BCUT2D eigenvalue weighted by molar-refractivity contribution is 0.0364. The van der Waals surface area contributed by atoms with Crippen molar-refractivity contribution in [2.75, 3.05) is 6.54 Å². The van der Waals surface area contributed by atoms with Gasteiger partial charge in [0.25, 0.3) is 0 Å². The van der Waals surface area contributed by atoms with Gasteiger partial charge in [0.15, 0.2) is 0 Å². The van der Waals surface area contributed by atoms with Crippen molar-refractivity contribution >= 4 is 6.03 Å². The second-order valence-electron chi connectivity index (χ2n) is 5.46. The van der Waals surface area contributed by atoms with Gasteiger partial charge in [0.2, 0.25) is 0 Å². The molecule has 0 aliphatic heterocycles. The highest BCUT2D eigenvalue weighted by Crippen LogP contribution is 2.23. The molecule has 5 nitrogen and oxygen atoms in total. The number of urea groups is 1. The van der Waals surface area contributed by atoms with Crippen molar-refractivity contribution in [3.05, 3.63) is 71.3 Å². The Morgan fingerprint density at radius 1 is 1.21 bits per heavy atom. The van der Waals surface area contributed by atoms with Gasteiger partial charge in [-0.2, -0.15) is 0 Å². The van der Waals surface area contributed by atoms with Crippen LogP contribution in [0.15, 0.2) is 48.5 Å². The number of hydrogen-bond acceptors (Lipinski definition) is 3. The van der Waals surface area contributed by atoms with Crippen LogP contribution in [0.5, 0.6) is 0 Å². The third-order valence-corrected chi connectivity index (χ3v) is 3.35. The number of aliphatic hydroxyl groups is 1. The summed E-state index contributed by atoms with van der Waals surface area (Å²) in [5.74, 6) is -1.63. The Balaban J connectivity index is 1.81. The third-order valence-electron chi connectivity index (χ3n) is 3.35. The van der Waals surface area contributed by atoms with E-state index in [0.717, 1.165) is 17.7 Å². The molecule has 0 heterocycles. The zero-order valence-corrected chi connectivity index (χ0v) is 13.1. The highest BCUT2D eigenvalue weighted by molar-refractivity contribution is 5.72. The van der Waals surface area contributed by atoms with Crippen LogP contribution in [0, 0.1) is 11.6 Å². The van der Waals surface area contributed by atoms with E-state index in [1.165, 1.54) is 6.92 Å². The minimum Gasteiger partial charge on any atom is -0.383 e. The maximum Gasteiger partial charge on any atom is 0.338 e. The molecule has 0 saturated carbocycles. The van der Waals surface area contributed by atoms with Crippen LogP contribution in [-0.4, -0.2) is 17.7 Å². The summed E-state index contributed by atoms with van der Waals surface area (Å²) in [6.07, 6.45) is 0. The van der Waals surface area contributed by atoms with Crippen molar-refractivity contribution < 1.29 is 23.5 Å². The van der Waals surface area contributed by atoms with Gasteiger partial charge < -0.3 is 10.4 Å². The molecule has 128 valence electrons. The number of hydroxylamine groups is 1. The first-order chi connectivity index (χ1) is 11.4. The van der Waals surface area contributed by atoms with Gasteiger partial charge in [-0.15, -0.1) is 0 Å². The van der Waals surface area contributed by atoms with E-state index in [1.807, 2.05) is 30.3 Å². The molecule has 1 atom stereocenters. The van der Waals surface area contributed by atoms with Crippen LogP contribution in [0.4, 0.5) is 13.6 Å². The predicted octanol–water partition coefficient (Wildman–Crippen LogP) is 2.60. The molecule has 3 N–H and O–H groups in total. The van der Waals surface area contributed by atoms with Crippen molar-refractivity contribution in [1.29, 1.82) is 0 Å². The van der Waals surface area contributed by atoms with Gasteiger partial charge >= 0.3 is 6.03 Å². The summed E-state index contributed by atoms with van der Waals surface area (Å²) in [5.41, 5.74) is 1.22. The monoisotopic (exact) mass is 336 g/mol. The number of rotatable bonds is 6. The molecule has 2 aromatic carbocycles. The smallest absolute Gasteiger partial charge is 0.338 e. The molecule has 2 aromatic rings. The van der Waals surface area contributed by atoms with E-state index in [9.17, 15) is 18.7 Å². The van der Waals surface area contributed by atoms with Crippen molar-refractivity contribution in [3.63, 3.8) is 0 Å². The second-order valence-corrected chi connectivity index (χ2v) is 5.46. The maximum absolute atomic E-state index is 13.7.